The number of benzene rings is 4. The van der Waals surface area contributed by atoms with Gasteiger partial charge in [-0.15, -0.1) is 13.2 Å². The van der Waals surface area contributed by atoms with Gasteiger partial charge in [-0.25, -0.2) is 4.39 Å². The van der Waals surface area contributed by atoms with Gasteiger partial charge >= 0.3 is 5.51 Å². The van der Waals surface area contributed by atoms with Crippen LogP contribution in [-0.4, -0.2) is 27.7 Å². The molecular weight excluding hydrogens is 546 g/mol. The molecule has 5 rings (SSSR count). The molecule has 206 valence electrons. The molecule has 1 heterocycles. The van der Waals surface area contributed by atoms with E-state index in [1.165, 1.54) is 16.9 Å². The van der Waals surface area contributed by atoms with Crippen molar-refractivity contribution < 1.29 is 36.8 Å². The van der Waals surface area contributed by atoms with Gasteiger partial charge in [0.1, 0.15) is 11.6 Å². The van der Waals surface area contributed by atoms with Crippen LogP contribution in [0.4, 0.5) is 17.6 Å². The van der Waals surface area contributed by atoms with Gasteiger partial charge in [0.2, 0.25) is 0 Å². The molecule has 0 bridgehead atoms. The molecule has 0 aromatic heterocycles. The summed E-state index contributed by atoms with van der Waals surface area (Å²) in [6.45, 7) is 0.194. The average Bonchev–Trinajstić information content (AvgIpc) is 2.94. The zero-order chi connectivity index (χ0) is 28.4. The van der Waals surface area contributed by atoms with Crippen molar-refractivity contribution >= 4 is 17.3 Å². The molecule has 0 fully saturated rings. The third kappa shape index (κ3) is 5.99. The topological polar surface area (TPSA) is 81.6 Å². The number of carbonyl (C=O) groups excluding carboxylic acids is 1. The van der Waals surface area contributed by atoms with Crippen LogP contribution in [0.5, 0.6) is 5.75 Å². The van der Waals surface area contributed by atoms with Gasteiger partial charge in [0.05, 0.1) is 18.3 Å². The van der Waals surface area contributed by atoms with Crippen LogP contribution in [0.1, 0.15) is 27.6 Å². The number of halogens is 4. The summed E-state index contributed by atoms with van der Waals surface area (Å²) in [7, 11) is 0. The first-order valence-corrected chi connectivity index (χ1v) is 13.4. The molecule has 40 heavy (non-hydrogen) atoms. The van der Waals surface area contributed by atoms with E-state index in [1.807, 2.05) is 54.6 Å². The van der Waals surface area contributed by atoms with E-state index in [0.717, 1.165) is 34.9 Å². The Balaban J connectivity index is 1.34. The lowest BCUT2D eigenvalue weighted by Gasteiger charge is -2.31. The van der Waals surface area contributed by atoms with Crippen molar-refractivity contribution in [3.05, 3.63) is 114 Å². The van der Waals surface area contributed by atoms with Gasteiger partial charge < -0.3 is 14.4 Å². The number of ether oxygens (including phenoxy) is 1. The zero-order valence-corrected chi connectivity index (χ0v) is 21.6. The number of carbonyl (C=O) groups is 1. The number of fused-ring (bicyclic) bond motifs is 1. The average molecular weight is 570 g/mol. The van der Waals surface area contributed by atoms with E-state index in [4.69, 9.17) is 4.74 Å². The molecule has 0 radical (unpaired) electrons. The van der Waals surface area contributed by atoms with Crippen LogP contribution < -0.4 is 9.46 Å². The summed E-state index contributed by atoms with van der Waals surface area (Å²) in [6, 6.07) is 25.6. The minimum absolute atomic E-state index is 0.0156. The lowest BCUT2D eigenvalue weighted by molar-refractivity contribution is -0.0445. The number of aliphatic hydroxyl groups is 1. The summed E-state index contributed by atoms with van der Waals surface area (Å²) >= 11 is -3.63. The normalized spacial score (nSPS) is 17.4. The number of nitrogens with one attached hydrogen (secondary N) is 1. The highest BCUT2D eigenvalue weighted by atomic mass is 32.2. The molecule has 0 spiro atoms. The first-order chi connectivity index (χ1) is 19.1. The molecule has 5 nitrogen and oxygen atoms in total. The molecule has 1 unspecified atom stereocenters. The third-order valence-corrected chi connectivity index (χ3v) is 7.51. The lowest BCUT2D eigenvalue weighted by Crippen LogP contribution is -2.40. The predicted octanol–water partition coefficient (Wildman–Crippen LogP) is 6.36. The lowest BCUT2D eigenvalue weighted by atomic mass is 9.86. The smallest absolute Gasteiger partial charge is 0.586 e. The van der Waals surface area contributed by atoms with E-state index >= 15 is 0 Å². The second-order valence-corrected chi connectivity index (χ2v) is 10.6. The molecule has 4 aromatic carbocycles. The van der Waals surface area contributed by atoms with Gasteiger partial charge in [0.15, 0.2) is 11.4 Å². The molecular formula is C30H23F4NO4S. The van der Waals surface area contributed by atoms with Crippen molar-refractivity contribution in [1.29, 1.82) is 0 Å². The zero-order valence-electron chi connectivity index (χ0n) is 20.8. The Morgan fingerprint density at radius 3 is 2.33 bits per heavy atom. The van der Waals surface area contributed by atoms with Crippen molar-refractivity contribution in [2.24, 2.45) is 5.92 Å². The van der Waals surface area contributed by atoms with Crippen molar-refractivity contribution in [2.75, 3.05) is 6.61 Å². The minimum Gasteiger partial charge on any atom is -0.586 e. The summed E-state index contributed by atoms with van der Waals surface area (Å²) in [6.07, 6.45) is -0.307. The van der Waals surface area contributed by atoms with E-state index in [0.29, 0.717) is 17.7 Å². The van der Waals surface area contributed by atoms with E-state index in [9.17, 15) is 32.0 Å². The van der Waals surface area contributed by atoms with Crippen molar-refractivity contribution in [3.8, 4) is 28.0 Å². The number of rotatable bonds is 6. The summed E-state index contributed by atoms with van der Waals surface area (Å²) in [5.41, 5.74) is -1.47. The Hall–Kier alpha value is -3.86. The molecule has 2 N–H and O–H groups in total. The summed E-state index contributed by atoms with van der Waals surface area (Å²) in [4.78, 5) is 12.5. The van der Waals surface area contributed by atoms with E-state index in [1.54, 1.807) is 6.07 Å². The molecule has 3 atom stereocenters. The Labute approximate surface area is 230 Å². The Morgan fingerprint density at radius 1 is 0.950 bits per heavy atom. The highest BCUT2D eigenvalue weighted by Crippen LogP contribution is 2.40. The Morgan fingerprint density at radius 2 is 1.62 bits per heavy atom. The van der Waals surface area contributed by atoms with E-state index in [2.05, 4.69) is 0 Å². The molecule has 1 aliphatic heterocycles. The quantitative estimate of drug-likeness (QED) is 0.209. The van der Waals surface area contributed by atoms with Gasteiger partial charge in [0.25, 0.3) is 5.91 Å². The molecule has 1 aliphatic rings. The van der Waals surface area contributed by atoms with Gasteiger partial charge in [-0.3, -0.25) is 4.79 Å². The van der Waals surface area contributed by atoms with Crippen LogP contribution in [0.25, 0.3) is 22.3 Å². The summed E-state index contributed by atoms with van der Waals surface area (Å²) in [5.74, 6) is -1.92. The Bertz CT molecular complexity index is 1510. The summed E-state index contributed by atoms with van der Waals surface area (Å²) in [5, 5.41) is 11.1. The predicted molar refractivity (Wildman–Crippen MR) is 143 cm³/mol. The van der Waals surface area contributed by atoms with E-state index < -0.39 is 34.7 Å². The van der Waals surface area contributed by atoms with Crippen LogP contribution in [0, 0.1) is 11.7 Å². The number of amides is 1. The number of alkyl halides is 3. The number of hydrogen-bond donors (Lipinski definition) is 2. The first-order valence-electron chi connectivity index (χ1n) is 12.3. The maximum atomic E-state index is 14.1. The fraction of sp³-hybridized carbons (Fsp3) is 0.167. The van der Waals surface area contributed by atoms with Gasteiger partial charge in [-0.05, 0) is 58.5 Å². The van der Waals surface area contributed by atoms with Gasteiger partial charge in [0, 0.05) is 11.5 Å². The molecule has 10 heteroatoms. The number of hydrogen-bond acceptors (Lipinski definition) is 4. The molecule has 0 aliphatic carbocycles. The highest BCUT2D eigenvalue weighted by molar-refractivity contribution is 7.90. The van der Waals surface area contributed by atoms with Crippen molar-refractivity contribution in [2.45, 2.75) is 18.0 Å². The van der Waals surface area contributed by atoms with Crippen LogP contribution in [0.3, 0.4) is 0 Å². The monoisotopic (exact) mass is 569 g/mol. The Kier molecular flexibility index (Phi) is 7.84. The fourth-order valence-electron chi connectivity index (χ4n) is 4.70. The van der Waals surface area contributed by atoms with Crippen molar-refractivity contribution in [1.82, 2.24) is 4.72 Å². The van der Waals surface area contributed by atoms with Gasteiger partial charge in [-0.1, -0.05) is 66.7 Å². The summed E-state index contributed by atoms with van der Waals surface area (Å²) < 4.78 is 70.8. The fourth-order valence-corrected chi connectivity index (χ4v) is 5.09. The maximum absolute atomic E-state index is 14.1. The van der Waals surface area contributed by atoms with Gasteiger partial charge in [-0.2, -0.15) is 4.72 Å². The molecule has 0 saturated heterocycles. The first kappa shape index (κ1) is 27.7. The van der Waals surface area contributed by atoms with Crippen LogP contribution in [-0.2, 0) is 17.8 Å². The number of aliphatic hydroxyl groups excluding tert-OH is 1. The molecule has 0 saturated carbocycles. The maximum Gasteiger partial charge on any atom is 0.598 e. The van der Waals surface area contributed by atoms with Crippen LogP contribution in [0.2, 0.25) is 0 Å². The second kappa shape index (κ2) is 11.3. The highest BCUT2D eigenvalue weighted by Gasteiger charge is 2.47. The molecule has 1 amide bonds. The SMILES string of the molecule is O=C(N[S+]([O-])C(F)(F)F)c1ccc(F)cc1-c1ccc2c(c1)OC[C@H](Cc1ccc(-c3ccccc3)cc1)[C@@H]2O. The van der Waals surface area contributed by atoms with Crippen LogP contribution >= 0.6 is 0 Å². The molecule has 4 aromatic rings. The third-order valence-electron chi connectivity index (χ3n) is 6.72. The standard InChI is InChI=1S/C30H23F4NO4S/c31-23-11-13-24(29(37)35-40(38)30(32,33)34)26(16-23)21-10-12-25-27(15-21)39-17-22(28(25)36)14-18-6-8-20(9-7-18)19-4-2-1-3-5-19/h1-13,15-16,22,28,36H,14,17H2,(H,35,37)/t22-,28-,40?/m0/s1. The largest absolute Gasteiger partial charge is 0.598 e. The van der Waals surface area contributed by atoms with Crippen LogP contribution in [0.15, 0.2) is 91.0 Å². The van der Waals surface area contributed by atoms with Crippen molar-refractivity contribution in [3.63, 3.8) is 0 Å². The second-order valence-electron chi connectivity index (χ2n) is 9.37. The minimum atomic E-state index is -5.15. The van der Waals surface area contributed by atoms with E-state index in [-0.39, 0.29) is 29.2 Å².